The molecule has 3 aromatic rings. The minimum absolute atomic E-state index is 0.125. The van der Waals surface area contributed by atoms with Crippen molar-refractivity contribution in [2.24, 2.45) is 0 Å². The topological polar surface area (TPSA) is 68.3 Å². The van der Waals surface area contributed by atoms with Gasteiger partial charge in [0.05, 0.1) is 5.69 Å². The van der Waals surface area contributed by atoms with E-state index in [1.54, 1.807) is 13.0 Å². The molecule has 2 N–H and O–H groups in total. The summed E-state index contributed by atoms with van der Waals surface area (Å²) in [6.45, 7) is 2.75. The maximum atomic E-state index is 13.9. The van der Waals surface area contributed by atoms with Crippen LogP contribution in [0.15, 0.2) is 42.5 Å². The zero-order chi connectivity index (χ0) is 18.8. The molecule has 0 unspecified atom stereocenters. The van der Waals surface area contributed by atoms with Crippen molar-refractivity contribution in [3.8, 4) is 11.5 Å². The molecule has 6 nitrogen and oxygen atoms in total. The lowest BCUT2D eigenvalue weighted by atomic mass is 10.2. The molecule has 0 radical (unpaired) electrons. The maximum Gasteiger partial charge on any atom is 0.163 e. The average molecular weight is 370 g/mol. The lowest BCUT2D eigenvalue weighted by Crippen LogP contribution is -2.15. The molecular formula is C19H16F2N4O2. The Morgan fingerprint density at radius 1 is 0.852 bits per heavy atom. The number of rotatable bonds is 4. The highest BCUT2D eigenvalue weighted by atomic mass is 19.1. The number of fused-ring (bicyclic) bond motifs is 1. The van der Waals surface area contributed by atoms with Crippen LogP contribution in [0, 0.1) is 18.6 Å². The van der Waals surface area contributed by atoms with Gasteiger partial charge < -0.3 is 20.1 Å². The highest BCUT2D eigenvalue weighted by Gasteiger charge is 2.12. The minimum atomic E-state index is -0.701. The second kappa shape index (κ2) is 7.06. The predicted octanol–water partition coefficient (Wildman–Crippen LogP) is 4.32. The van der Waals surface area contributed by atoms with Crippen LogP contribution in [0.25, 0.3) is 0 Å². The molecule has 1 aromatic heterocycles. The van der Waals surface area contributed by atoms with Gasteiger partial charge in [-0.15, -0.1) is 0 Å². The average Bonchev–Trinajstić information content (AvgIpc) is 2.63. The van der Waals surface area contributed by atoms with Crippen LogP contribution in [-0.2, 0) is 0 Å². The third kappa shape index (κ3) is 3.89. The molecule has 2 aromatic carbocycles. The molecule has 2 heterocycles. The SMILES string of the molecule is Cc1nc(Nc2ccc3c(c2)OCCO3)cc(Nc2ccc(F)cc2F)n1. The first-order chi connectivity index (χ1) is 13.1. The van der Waals surface area contributed by atoms with Crippen molar-refractivity contribution in [1.82, 2.24) is 9.97 Å². The summed E-state index contributed by atoms with van der Waals surface area (Å²) >= 11 is 0. The zero-order valence-corrected chi connectivity index (χ0v) is 14.4. The Hall–Kier alpha value is -3.42. The molecule has 0 fully saturated rings. The Labute approximate surface area is 154 Å². The Morgan fingerprint density at radius 3 is 2.37 bits per heavy atom. The van der Waals surface area contributed by atoms with Crippen molar-refractivity contribution in [3.05, 3.63) is 59.9 Å². The normalized spacial score (nSPS) is 12.6. The molecule has 0 amide bonds. The number of halogens is 2. The molecule has 0 saturated heterocycles. The van der Waals surface area contributed by atoms with Crippen molar-refractivity contribution < 1.29 is 18.3 Å². The van der Waals surface area contributed by atoms with Gasteiger partial charge in [0, 0.05) is 23.9 Å². The molecule has 1 aliphatic rings. The van der Waals surface area contributed by atoms with E-state index in [-0.39, 0.29) is 5.69 Å². The summed E-state index contributed by atoms with van der Waals surface area (Å²) in [7, 11) is 0. The molecule has 0 spiro atoms. The number of aromatic nitrogens is 2. The number of anilines is 4. The van der Waals surface area contributed by atoms with E-state index in [1.165, 1.54) is 12.1 Å². The van der Waals surface area contributed by atoms with Crippen LogP contribution >= 0.6 is 0 Å². The summed E-state index contributed by atoms with van der Waals surface area (Å²) in [6, 6.07) is 10.4. The van der Waals surface area contributed by atoms with E-state index in [0.29, 0.717) is 42.2 Å². The fourth-order valence-corrected chi connectivity index (χ4v) is 2.69. The largest absolute Gasteiger partial charge is 0.486 e. The lowest BCUT2D eigenvalue weighted by Gasteiger charge is -2.19. The monoisotopic (exact) mass is 370 g/mol. The third-order valence-electron chi connectivity index (χ3n) is 3.85. The van der Waals surface area contributed by atoms with Gasteiger partial charge in [0.1, 0.15) is 42.3 Å². The van der Waals surface area contributed by atoms with Gasteiger partial charge in [-0.1, -0.05) is 0 Å². The van der Waals surface area contributed by atoms with Gasteiger partial charge in [-0.3, -0.25) is 0 Å². The summed E-state index contributed by atoms with van der Waals surface area (Å²) in [6.07, 6.45) is 0. The number of nitrogens with one attached hydrogen (secondary N) is 2. The van der Waals surface area contributed by atoms with Crippen molar-refractivity contribution in [1.29, 1.82) is 0 Å². The molecular weight excluding hydrogens is 354 g/mol. The number of aryl methyl sites for hydroxylation is 1. The van der Waals surface area contributed by atoms with E-state index < -0.39 is 11.6 Å². The van der Waals surface area contributed by atoms with Crippen LogP contribution in [0.4, 0.5) is 31.8 Å². The Kier molecular flexibility index (Phi) is 4.45. The first kappa shape index (κ1) is 17.0. The Morgan fingerprint density at radius 2 is 1.59 bits per heavy atom. The van der Waals surface area contributed by atoms with Gasteiger partial charge in [0.15, 0.2) is 11.5 Å². The van der Waals surface area contributed by atoms with E-state index in [9.17, 15) is 8.78 Å². The van der Waals surface area contributed by atoms with Crippen LogP contribution in [-0.4, -0.2) is 23.2 Å². The van der Waals surface area contributed by atoms with Crippen LogP contribution in [0.3, 0.4) is 0 Å². The number of hydrogen-bond acceptors (Lipinski definition) is 6. The van der Waals surface area contributed by atoms with Crippen LogP contribution in [0.5, 0.6) is 11.5 Å². The maximum absolute atomic E-state index is 13.9. The smallest absolute Gasteiger partial charge is 0.163 e. The molecule has 27 heavy (non-hydrogen) atoms. The first-order valence-electron chi connectivity index (χ1n) is 8.31. The second-order valence-corrected chi connectivity index (χ2v) is 5.92. The standard InChI is InChI=1S/C19H16F2N4O2/c1-11-22-18(24-13-3-5-16-17(9-13)27-7-6-26-16)10-19(23-11)25-15-4-2-12(20)8-14(15)21/h2-5,8-10H,6-7H2,1H3,(H2,22,23,24,25). The fraction of sp³-hybridized carbons (Fsp3) is 0.158. The van der Waals surface area contributed by atoms with E-state index in [0.717, 1.165) is 11.8 Å². The van der Waals surface area contributed by atoms with Gasteiger partial charge in [-0.25, -0.2) is 18.7 Å². The van der Waals surface area contributed by atoms with Crippen molar-refractivity contribution in [2.75, 3.05) is 23.8 Å². The van der Waals surface area contributed by atoms with Gasteiger partial charge in [0.25, 0.3) is 0 Å². The second-order valence-electron chi connectivity index (χ2n) is 5.92. The van der Waals surface area contributed by atoms with Crippen LogP contribution in [0.2, 0.25) is 0 Å². The van der Waals surface area contributed by atoms with Gasteiger partial charge in [-0.05, 0) is 31.2 Å². The Bertz CT molecular complexity index is 997. The molecule has 4 rings (SSSR count). The number of nitrogens with zero attached hydrogens (tertiary/aromatic N) is 2. The van der Waals surface area contributed by atoms with Crippen LogP contribution in [0.1, 0.15) is 5.82 Å². The Balaban J connectivity index is 1.57. The zero-order valence-electron chi connectivity index (χ0n) is 14.4. The first-order valence-corrected chi connectivity index (χ1v) is 8.31. The molecule has 8 heteroatoms. The molecule has 1 aliphatic heterocycles. The third-order valence-corrected chi connectivity index (χ3v) is 3.85. The summed E-state index contributed by atoms with van der Waals surface area (Å²) < 4.78 is 38.0. The van der Waals surface area contributed by atoms with Gasteiger partial charge >= 0.3 is 0 Å². The molecule has 0 bridgehead atoms. The number of hydrogen-bond donors (Lipinski definition) is 2. The van der Waals surface area contributed by atoms with Crippen molar-refractivity contribution in [2.45, 2.75) is 6.92 Å². The van der Waals surface area contributed by atoms with E-state index >= 15 is 0 Å². The number of benzene rings is 2. The molecule has 0 saturated carbocycles. The van der Waals surface area contributed by atoms with Crippen molar-refractivity contribution in [3.63, 3.8) is 0 Å². The van der Waals surface area contributed by atoms with Crippen molar-refractivity contribution >= 4 is 23.0 Å². The van der Waals surface area contributed by atoms with E-state index in [1.807, 2.05) is 18.2 Å². The summed E-state index contributed by atoms with van der Waals surface area (Å²) in [5.41, 5.74) is 0.885. The summed E-state index contributed by atoms with van der Waals surface area (Å²) in [5.74, 6) is 1.40. The van der Waals surface area contributed by atoms with Gasteiger partial charge in [0.2, 0.25) is 0 Å². The highest BCUT2D eigenvalue weighted by Crippen LogP contribution is 2.33. The molecule has 138 valence electrons. The number of ether oxygens (including phenoxy) is 2. The highest BCUT2D eigenvalue weighted by molar-refractivity contribution is 5.65. The minimum Gasteiger partial charge on any atom is -0.486 e. The molecule has 0 atom stereocenters. The fourth-order valence-electron chi connectivity index (χ4n) is 2.69. The van der Waals surface area contributed by atoms with E-state index in [2.05, 4.69) is 20.6 Å². The summed E-state index contributed by atoms with van der Waals surface area (Å²) in [5, 5.41) is 6.00. The van der Waals surface area contributed by atoms with E-state index in [4.69, 9.17) is 9.47 Å². The van der Waals surface area contributed by atoms with Crippen LogP contribution < -0.4 is 20.1 Å². The quantitative estimate of drug-likeness (QED) is 0.713. The molecule has 0 aliphatic carbocycles. The summed E-state index contributed by atoms with van der Waals surface area (Å²) in [4.78, 5) is 8.57. The predicted molar refractivity (Wildman–Crippen MR) is 97.1 cm³/mol. The van der Waals surface area contributed by atoms with Gasteiger partial charge in [-0.2, -0.15) is 0 Å². The lowest BCUT2D eigenvalue weighted by molar-refractivity contribution is 0.171.